The molecule has 0 amide bonds. The Kier molecular flexibility index (Phi) is 5.00. The number of carbonyl (C=O) groups excluding carboxylic acids is 1. The van der Waals surface area contributed by atoms with Gasteiger partial charge in [0.15, 0.2) is 0 Å². The third-order valence-electron chi connectivity index (χ3n) is 4.03. The van der Waals surface area contributed by atoms with Crippen LogP contribution in [0, 0.1) is 0 Å². The van der Waals surface area contributed by atoms with E-state index in [1.807, 2.05) is 24.3 Å². The summed E-state index contributed by atoms with van der Waals surface area (Å²) in [5.74, 6) is 0.361. The van der Waals surface area contributed by atoms with Gasteiger partial charge in [-0.05, 0) is 37.0 Å². The summed E-state index contributed by atoms with van der Waals surface area (Å²) in [5, 5.41) is 0.715. The van der Waals surface area contributed by atoms with Gasteiger partial charge in [-0.15, -0.1) is 0 Å². The minimum atomic E-state index is -0.349. The van der Waals surface area contributed by atoms with E-state index in [0.29, 0.717) is 30.4 Å². The van der Waals surface area contributed by atoms with Crippen molar-refractivity contribution in [1.82, 2.24) is 0 Å². The van der Waals surface area contributed by atoms with Crippen LogP contribution in [0.3, 0.4) is 0 Å². The maximum atomic E-state index is 12.7. The number of rotatable bonds is 5. The molecule has 1 heterocycles. The van der Waals surface area contributed by atoms with Crippen LogP contribution in [0.15, 0.2) is 24.3 Å². The van der Waals surface area contributed by atoms with Gasteiger partial charge in [-0.3, -0.25) is 4.79 Å². The average molecular weight is 281 g/mol. The molecule has 1 aromatic rings. The Morgan fingerprint density at radius 2 is 1.89 bits per heavy atom. The van der Waals surface area contributed by atoms with E-state index >= 15 is 0 Å². The molecule has 1 fully saturated rings. The zero-order valence-electron chi connectivity index (χ0n) is 11.5. The number of ketones is 1. The molecule has 104 valence electrons. The van der Waals surface area contributed by atoms with Gasteiger partial charge in [-0.1, -0.05) is 37.1 Å². The molecule has 1 aliphatic heterocycles. The maximum absolute atomic E-state index is 12.7. The molecule has 19 heavy (non-hydrogen) atoms. The molecule has 0 aliphatic carbocycles. The molecule has 0 saturated carbocycles. The topological polar surface area (TPSA) is 26.3 Å². The Hall–Kier alpha value is -0.860. The number of hydrogen-bond acceptors (Lipinski definition) is 2. The molecule has 0 N–H and O–H groups in total. The third kappa shape index (κ3) is 3.18. The molecule has 0 radical (unpaired) electrons. The van der Waals surface area contributed by atoms with Gasteiger partial charge in [0.05, 0.1) is 5.41 Å². The molecule has 2 rings (SSSR count). The maximum Gasteiger partial charge on any atom is 0.143 e. The van der Waals surface area contributed by atoms with Crippen molar-refractivity contribution in [1.29, 1.82) is 0 Å². The number of unbranched alkanes of at least 4 members (excludes halogenated alkanes) is 1. The van der Waals surface area contributed by atoms with Gasteiger partial charge in [0.1, 0.15) is 5.78 Å². The minimum Gasteiger partial charge on any atom is -0.381 e. The van der Waals surface area contributed by atoms with Crippen LogP contribution in [0.5, 0.6) is 0 Å². The van der Waals surface area contributed by atoms with Gasteiger partial charge < -0.3 is 4.74 Å². The normalized spacial score (nSPS) is 18.2. The summed E-state index contributed by atoms with van der Waals surface area (Å²) in [5.41, 5.74) is 0.749. The van der Waals surface area contributed by atoms with Crippen molar-refractivity contribution in [2.75, 3.05) is 13.2 Å². The molecular formula is C16H21ClO2. The lowest BCUT2D eigenvalue weighted by Crippen LogP contribution is -2.41. The smallest absolute Gasteiger partial charge is 0.143 e. The van der Waals surface area contributed by atoms with Crippen molar-refractivity contribution >= 4 is 17.4 Å². The van der Waals surface area contributed by atoms with Crippen LogP contribution >= 0.6 is 11.6 Å². The first-order valence-electron chi connectivity index (χ1n) is 7.06. The van der Waals surface area contributed by atoms with Crippen LogP contribution < -0.4 is 0 Å². The highest BCUT2D eigenvalue weighted by molar-refractivity contribution is 6.30. The van der Waals surface area contributed by atoms with Crippen molar-refractivity contribution in [2.45, 2.75) is 44.4 Å². The summed E-state index contributed by atoms with van der Waals surface area (Å²) in [7, 11) is 0. The third-order valence-corrected chi connectivity index (χ3v) is 4.29. The van der Waals surface area contributed by atoms with E-state index in [-0.39, 0.29) is 5.41 Å². The second-order valence-electron chi connectivity index (χ2n) is 5.23. The van der Waals surface area contributed by atoms with Gasteiger partial charge in [0.25, 0.3) is 0 Å². The highest BCUT2D eigenvalue weighted by Gasteiger charge is 2.40. The predicted octanol–water partition coefficient (Wildman–Crippen LogP) is 4.15. The summed E-state index contributed by atoms with van der Waals surface area (Å²) >= 11 is 5.95. The zero-order valence-corrected chi connectivity index (χ0v) is 12.2. The quantitative estimate of drug-likeness (QED) is 0.810. The monoisotopic (exact) mass is 280 g/mol. The molecule has 1 aliphatic rings. The average Bonchev–Trinajstić information content (AvgIpc) is 2.46. The Balaban J connectivity index is 2.28. The highest BCUT2D eigenvalue weighted by atomic mass is 35.5. The molecule has 1 aromatic carbocycles. The lowest BCUT2D eigenvalue weighted by molar-refractivity contribution is -0.128. The van der Waals surface area contributed by atoms with Crippen molar-refractivity contribution in [3.63, 3.8) is 0 Å². The lowest BCUT2D eigenvalue weighted by Gasteiger charge is -2.36. The van der Waals surface area contributed by atoms with Crippen LogP contribution in [-0.2, 0) is 14.9 Å². The van der Waals surface area contributed by atoms with E-state index in [9.17, 15) is 4.79 Å². The van der Waals surface area contributed by atoms with E-state index in [1.165, 1.54) is 0 Å². The minimum absolute atomic E-state index is 0.349. The fourth-order valence-electron chi connectivity index (χ4n) is 2.79. The van der Waals surface area contributed by atoms with Gasteiger partial charge in [0.2, 0.25) is 0 Å². The fourth-order valence-corrected chi connectivity index (χ4v) is 2.92. The Morgan fingerprint density at radius 3 is 2.47 bits per heavy atom. The molecule has 0 atom stereocenters. The molecule has 0 unspecified atom stereocenters. The summed E-state index contributed by atoms with van der Waals surface area (Å²) in [4.78, 5) is 12.7. The first kappa shape index (κ1) is 14.5. The molecule has 0 aromatic heterocycles. The molecule has 3 heteroatoms. The van der Waals surface area contributed by atoms with E-state index < -0.39 is 0 Å². The zero-order chi connectivity index (χ0) is 13.7. The molecule has 2 nitrogen and oxygen atoms in total. The fraction of sp³-hybridized carbons (Fsp3) is 0.562. The molecular weight excluding hydrogens is 260 g/mol. The lowest BCUT2D eigenvalue weighted by atomic mass is 9.70. The van der Waals surface area contributed by atoms with Crippen LogP contribution in [0.4, 0.5) is 0 Å². The van der Waals surface area contributed by atoms with Crippen molar-refractivity contribution < 1.29 is 9.53 Å². The summed E-state index contributed by atoms with van der Waals surface area (Å²) in [6, 6.07) is 7.75. The first-order chi connectivity index (χ1) is 9.19. The van der Waals surface area contributed by atoms with Crippen molar-refractivity contribution in [2.24, 2.45) is 0 Å². The second-order valence-corrected chi connectivity index (χ2v) is 5.66. The first-order valence-corrected chi connectivity index (χ1v) is 7.44. The molecule has 0 bridgehead atoms. The van der Waals surface area contributed by atoms with E-state index in [2.05, 4.69) is 6.92 Å². The Bertz CT molecular complexity index is 419. The van der Waals surface area contributed by atoms with Crippen LogP contribution in [0.25, 0.3) is 0 Å². The second kappa shape index (κ2) is 6.53. The number of carbonyl (C=O) groups is 1. The van der Waals surface area contributed by atoms with Crippen LogP contribution in [0.1, 0.15) is 44.6 Å². The number of ether oxygens (including phenoxy) is 1. The number of benzene rings is 1. The van der Waals surface area contributed by atoms with Crippen molar-refractivity contribution in [3.8, 4) is 0 Å². The number of hydrogen-bond donors (Lipinski definition) is 0. The van der Waals surface area contributed by atoms with E-state index in [0.717, 1.165) is 31.2 Å². The summed E-state index contributed by atoms with van der Waals surface area (Å²) < 4.78 is 5.45. The largest absolute Gasteiger partial charge is 0.381 e. The standard InChI is InChI=1S/C16H21ClO2/c1-2-3-4-15(18)16(9-11-19-12-10-16)13-5-7-14(17)8-6-13/h5-8H,2-4,9-12H2,1H3. The number of halogens is 1. The SMILES string of the molecule is CCCCC(=O)C1(c2ccc(Cl)cc2)CCOCC1. The Morgan fingerprint density at radius 1 is 1.26 bits per heavy atom. The van der Waals surface area contributed by atoms with Gasteiger partial charge in [-0.2, -0.15) is 0 Å². The summed E-state index contributed by atoms with van der Waals surface area (Å²) in [6.07, 6.45) is 4.27. The predicted molar refractivity (Wildman–Crippen MR) is 77.7 cm³/mol. The van der Waals surface area contributed by atoms with E-state index in [4.69, 9.17) is 16.3 Å². The van der Waals surface area contributed by atoms with Crippen LogP contribution in [0.2, 0.25) is 5.02 Å². The van der Waals surface area contributed by atoms with Gasteiger partial charge in [-0.25, -0.2) is 0 Å². The van der Waals surface area contributed by atoms with E-state index in [1.54, 1.807) is 0 Å². The molecule has 0 spiro atoms. The number of Topliss-reactive ketones (excluding diaryl/α,β-unsaturated/α-hetero) is 1. The Labute approximate surface area is 120 Å². The van der Waals surface area contributed by atoms with Crippen LogP contribution in [-0.4, -0.2) is 19.0 Å². The molecule has 1 saturated heterocycles. The highest BCUT2D eigenvalue weighted by Crippen LogP contribution is 2.37. The summed E-state index contributed by atoms with van der Waals surface area (Å²) in [6.45, 7) is 3.45. The van der Waals surface area contributed by atoms with Crippen molar-refractivity contribution in [3.05, 3.63) is 34.9 Å². The van der Waals surface area contributed by atoms with Gasteiger partial charge in [0, 0.05) is 24.7 Å². The van der Waals surface area contributed by atoms with Gasteiger partial charge >= 0.3 is 0 Å².